The highest BCUT2D eigenvalue weighted by Gasteiger charge is 2.24. The van der Waals surface area contributed by atoms with Gasteiger partial charge in [0.25, 0.3) is 5.91 Å². The van der Waals surface area contributed by atoms with Crippen LogP contribution in [0.15, 0.2) is 60.8 Å². The summed E-state index contributed by atoms with van der Waals surface area (Å²) >= 11 is 0. The summed E-state index contributed by atoms with van der Waals surface area (Å²) in [6, 6.07) is 18.6. The molecule has 0 fully saturated rings. The highest BCUT2D eigenvalue weighted by Crippen LogP contribution is 2.36. The molecule has 1 aliphatic rings. The van der Waals surface area contributed by atoms with E-state index in [1.807, 2.05) is 36.4 Å². The first-order valence-electron chi connectivity index (χ1n) is 9.08. The fraction of sp³-hybridized carbons (Fsp3) is 0.182. The molecule has 3 aromatic rings. The lowest BCUT2D eigenvalue weighted by atomic mass is 9.96. The maximum Gasteiger partial charge on any atom is 0.251 e. The molecule has 1 aliphatic heterocycles. The Morgan fingerprint density at radius 1 is 1.21 bits per heavy atom. The third-order valence-corrected chi connectivity index (χ3v) is 4.81. The molecule has 1 atom stereocenters. The van der Waals surface area contributed by atoms with E-state index in [9.17, 15) is 4.79 Å². The Kier molecular flexibility index (Phi) is 4.98. The minimum atomic E-state index is -0.115. The summed E-state index contributed by atoms with van der Waals surface area (Å²) < 4.78 is 5.67. The Bertz CT molecular complexity index is 1030. The number of fused-ring (bicyclic) bond motifs is 1. The van der Waals surface area contributed by atoms with Crippen LogP contribution < -0.4 is 10.1 Å². The van der Waals surface area contributed by atoms with E-state index in [0.29, 0.717) is 24.3 Å². The molecule has 0 spiro atoms. The van der Waals surface area contributed by atoms with Gasteiger partial charge in [-0.25, -0.2) is 0 Å². The summed E-state index contributed by atoms with van der Waals surface area (Å²) in [4.78, 5) is 12.4. The molecule has 1 amide bonds. The van der Waals surface area contributed by atoms with Gasteiger partial charge >= 0.3 is 0 Å². The van der Waals surface area contributed by atoms with E-state index in [1.165, 1.54) is 0 Å². The van der Waals surface area contributed by atoms with Crippen LogP contribution in [-0.2, 0) is 0 Å². The van der Waals surface area contributed by atoms with E-state index in [4.69, 9.17) is 10.00 Å². The number of carbonyl (C=O) groups excluding carboxylic acids is 1. The SMILES string of the molecule is N#Cc1ccc2c(c1)C(CCNC(=O)c1ccc(-c3cccnn3)cc1)CO2. The molecular formula is C22H18N4O2. The molecule has 138 valence electrons. The standard InChI is InChI=1S/C22H18N4O2/c23-13-15-3-8-21-19(12-15)18(14-28-21)9-11-24-22(27)17-6-4-16(5-7-17)20-2-1-10-25-26-20/h1-8,10,12,18H,9,11,14H2,(H,24,27). The number of aromatic nitrogens is 2. The predicted molar refractivity (Wildman–Crippen MR) is 104 cm³/mol. The fourth-order valence-corrected chi connectivity index (χ4v) is 3.30. The van der Waals surface area contributed by atoms with E-state index in [0.717, 1.165) is 29.0 Å². The molecule has 1 aromatic heterocycles. The zero-order chi connectivity index (χ0) is 19.3. The highest BCUT2D eigenvalue weighted by molar-refractivity contribution is 5.94. The molecule has 0 aliphatic carbocycles. The van der Waals surface area contributed by atoms with Gasteiger partial charge in [-0.2, -0.15) is 15.5 Å². The molecule has 6 heteroatoms. The number of amides is 1. The molecule has 2 aromatic carbocycles. The molecule has 0 saturated heterocycles. The maximum atomic E-state index is 12.4. The average molecular weight is 370 g/mol. The van der Waals surface area contributed by atoms with Crippen LogP contribution in [0.5, 0.6) is 5.75 Å². The summed E-state index contributed by atoms with van der Waals surface area (Å²) in [5.74, 6) is 0.896. The van der Waals surface area contributed by atoms with Gasteiger partial charge in [0.2, 0.25) is 0 Å². The highest BCUT2D eigenvalue weighted by atomic mass is 16.5. The number of hydrogen-bond donors (Lipinski definition) is 1. The largest absolute Gasteiger partial charge is 0.493 e. The molecule has 2 heterocycles. The van der Waals surface area contributed by atoms with Crippen LogP contribution in [0.25, 0.3) is 11.3 Å². The van der Waals surface area contributed by atoms with Gasteiger partial charge in [0.1, 0.15) is 5.75 Å². The van der Waals surface area contributed by atoms with Crippen molar-refractivity contribution in [2.24, 2.45) is 0 Å². The topological polar surface area (TPSA) is 87.9 Å². The lowest BCUT2D eigenvalue weighted by Gasteiger charge is -2.10. The Balaban J connectivity index is 1.34. The number of carbonyl (C=O) groups is 1. The van der Waals surface area contributed by atoms with Crippen LogP contribution in [0.3, 0.4) is 0 Å². The number of ether oxygens (including phenoxy) is 1. The van der Waals surface area contributed by atoms with E-state index in [1.54, 1.807) is 24.4 Å². The molecule has 0 bridgehead atoms. The zero-order valence-corrected chi connectivity index (χ0v) is 15.1. The molecule has 6 nitrogen and oxygen atoms in total. The van der Waals surface area contributed by atoms with E-state index < -0.39 is 0 Å². The van der Waals surface area contributed by atoms with Gasteiger partial charge in [0.05, 0.1) is 23.9 Å². The van der Waals surface area contributed by atoms with Gasteiger partial charge in [-0.05, 0) is 48.9 Å². The van der Waals surface area contributed by atoms with Gasteiger partial charge in [0.15, 0.2) is 0 Å². The molecule has 1 N–H and O–H groups in total. The quantitative estimate of drug-likeness (QED) is 0.744. The number of nitriles is 1. The van der Waals surface area contributed by atoms with Crippen LogP contribution in [0.4, 0.5) is 0 Å². The van der Waals surface area contributed by atoms with Crippen LogP contribution >= 0.6 is 0 Å². The minimum absolute atomic E-state index is 0.115. The third-order valence-electron chi connectivity index (χ3n) is 4.81. The Morgan fingerprint density at radius 2 is 2.07 bits per heavy atom. The van der Waals surface area contributed by atoms with Crippen molar-refractivity contribution in [2.75, 3.05) is 13.2 Å². The van der Waals surface area contributed by atoms with Crippen molar-refractivity contribution in [3.05, 3.63) is 77.5 Å². The Labute approximate surface area is 162 Å². The van der Waals surface area contributed by atoms with Gasteiger partial charge in [0, 0.05) is 35.3 Å². The van der Waals surface area contributed by atoms with Crippen molar-refractivity contribution >= 4 is 5.91 Å². The summed E-state index contributed by atoms with van der Waals surface area (Å²) in [5, 5.41) is 20.0. The van der Waals surface area contributed by atoms with E-state index in [-0.39, 0.29) is 11.8 Å². The summed E-state index contributed by atoms with van der Waals surface area (Å²) in [6.07, 6.45) is 2.38. The number of nitrogens with one attached hydrogen (secondary N) is 1. The summed E-state index contributed by atoms with van der Waals surface area (Å²) in [5.41, 5.74) is 3.95. The Hall–Kier alpha value is -3.72. The normalized spacial score (nSPS) is 14.6. The number of rotatable bonds is 5. The van der Waals surface area contributed by atoms with Crippen molar-refractivity contribution in [2.45, 2.75) is 12.3 Å². The first kappa shape index (κ1) is 17.7. The fourth-order valence-electron chi connectivity index (χ4n) is 3.30. The van der Waals surface area contributed by atoms with Crippen LogP contribution in [0, 0.1) is 11.3 Å². The van der Waals surface area contributed by atoms with Crippen molar-refractivity contribution in [1.82, 2.24) is 15.5 Å². The molecule has 4 rings (SSSR count). The number of nitrogens with zero attached hydrogens (tertiary/aromatic N) is 3. The first-order chi connectivity index (χ1) is 13.7. The molecule has 0 saturated carbocycles. The van der Waals surface area contributed by atoms with Crippen LogP contribution in [0.2, 0.25) is 0 Å². The minimum Gasteiger partial charge on any atom is -0.493 e. The monoisotopic (exact) mass is 370 g/mol. The molecule has 28 heavy (non-hydrogen) atoms. The zero-order valence-electron chi connectivity index (χ0n) is 15.1. The first-order valence-corrected chi connectivity index (χ1v) is 9.08. The van der Waals surface area contributed by atoms with Crippen molar-refractivity contribution in [3.8, 4) is 23.1 Å². The van der Waals surface area contributed by atoms with Crippen LogP contribution in [0.1, 0.15) is 33.8 Å². The second-order valence-corrected chi connectivity index (χ2v) is 6.60. The Morgan fingerprint density at radius 3 is 2.82 bits per heavy atom. The lowest BCUT2D eigenvalue weighted by molar-refractivity contribution is 0.0952. The average Bonchev–Trinajstić information content (AvgIpc) is 3.16. The summed E-state index contributed by atoms with van der Waals surface area (Å²) in [6.45, 7) is 1.11. The summed E-state index contributed by atoms with van der Waals surface area (Å²) in [7, 11) is 0. The van der Waals surface area contributed by atoms with Crippen molar-refractivity contribution in [3.63, 3.8) is 0 Å². The number of hydrogen-bond acceptors (Lipinski definition) is 5. The van der Waals surface area contributed by atoms with Gasteiger partial charge < -0.3 is 10.1 Å². The van der Waals surface area contributed by atoms with Gasteiger partial charge in [-0.3, -0.25) is 4.79 Å². The molecular weight excluding hydrogens is 352 g/mol. The molecule has 1 unspecified atom stereocenters. The maximum absolute atomic E-state index is 12.4. The van der Waals surface area contributed by atoms with Crippen LogP contribution in [-0.4, -0.2) is 29.3 Å². The number of benzene rings is 2. The lowest BCUT2D eigenvalue weighted by Crippen LogP contribution is -2.25. The van der Waals surface area contributed by atoms with E-state index in [2.05, 4.69) is 21.6 Å². The van der Waals surface area contributed by atoms with E-state index >= 15 is 0 Å². The second kappa shape index (κ2) is 7.89. The van der Waals surface area contributed by atoms with Gasteiger partial charge in [-0.15, -0.1) is 0 Å². The second-order valence-electron chi connectivity index (χ2n) is 6.60. The third kappa shape index (κ3) is 3.69. The van der Waals surface area contributed by atoms with Crippen molar-refractivity contribution < 1.29 is 9.53 Å². The predicted octanol–water partition coefficient (Wildman–Crippen LogP) is 3.31. The smallest absolute Gasteiger partial charge is 0.251 e. The van der Waals surface area contributed by atoms with Crippen molar-refractivity contribution in [1.29, 1.82) is 5.26 Å². The molecule has 0 radical (unpaired) electrons. The van der Waals surface area contributed by atoms with Gasteiger partial charge in [-0.1, -0.05) is 12.1 Å².